The van der Waals surface area contributed by atoms with Crippen LogP contribution in [0.5, 0.6) is 0 Å². The number of hydrogen-bond acceptors (Lipinski definition) is 4. The molecule has 0 aliphatic rings. The molecule has 0 bridgehead atoms. The fourth-order valence-electron chi connectivity index (χ4n) is 1.74. The van der Waals surface area contributed by atoms with Crippen LogP contribution in [0.3, 0.4) is 0 Å². The molecule has 102 valence electrons. The Morgan fingerprint density at radius 3 is 2.74 bits per heavy atom. The smallest absolute Gasteiger partial charge is 0.227 e. The van der Waals surface area contributed by atoms with Crippen LogP contribution in [0.4, 0.5) is 0 Å². The third-order valence-electron chi connectivity index (χ3n) is 2.80. The van der Waals surface area contributed by atoms with Crippen molar-refractivity contribution in [3.05, 3.63) is 45.5 Å². The van der Waals surface area contributed by atoms with Crippen molar-refractivity contribution >= 4 is 23.2 Å². The lowest BCUT2D eigenvalue weighted by Gasteiger charge is -2.14. The van der Waals surface area contributed by atoms with Gasteiger partial charge in [-0.15, -0.1) is 0 Å². The average Bonchev–Trinajstić information content (AvgIpc) is 2.78. The Morgan fingerprint density at radius 2 is 2.11 bits per heavy atom. The van der Waals surface area contributed by atoms with E-state index in [1.807, 2.05) is 12.1 Å². The summed E-state index contributed by atoms with van der Waals surface area (Å²) in [6.45, 7) is 4.63. The molecule has 0 spiro atoms. The second-order valence-electron chi connectivity index (χ2n) is 4.33. The summed E-state index contributed by atoms with van der Waals surface area (Å²) in [5.41, 5.74) is 1.09. The van der Waals surface area contributed by atoms with Crippen LogP contribution >= 0.6 is 23.2 Å². The van der Waals surface area contributed by atoms with Gasteiger partial charge in [0.05, 0.1) is 10.0 Å². The monoisotopic (exact) mass is 299 g/mol. The maximum atomic E-state index is 6.00. The van der Waals surface area contributed by atoms with Gasteiger partial charge in [0.25, 0.3) is 0 Å². The summed E-state index contributed by atoms with van der Waals surface area (Å²) in [6.07, 6.45) is 0.701. The molecule has 2 aromatic rings. The molecule has 2 rings (SSSR count). The van der Waals surface area contributed by atoms with Crippen LogP contribution in [0.25, 0.3) is 0 Å². The first kappa shape index (κ1) is 14.3. The maximum absolute atomic E-state index is 6.00. The zero-order valence-electron chi connectivity index (χ0n) is 10.8. The van der Waals surface area contributed by atoms with Crippen molar-refractivity contribution in [2.24, 2.45) is 0 Å². The number of benzene rings is 1. The van der Waals surface area contributed by atoms with E-state index >= 15 is 0 Å². The first-order valence-electron chi connectivity index (χ1n) is 6.04. The number of aryl methyl sites for hydroxylation is 1. The molecule has 0 saturated carbocycles. The van der Waals surface area contributed by atoms with E-state index in [9.17, 15) is 0 Å². The predicted molar refractivity (Wildman–Crippen MR) is 75.6 cm³/mol. The number of nitrogens with zero attached hydrogens (tertiary/aromatic N) is 2. The Morgan fingerprint density at radius 1 is 1.32 bits per heavy atom. The Labute approximate surface area is 122 Å². The minimum absolute atomic E-state index is 0.179. The highest BCUT2D eigenvalue weighted by atomic mass is 35.5. The molecule has 0 amide bonds. The van der Waals surface area contributed by atoms with Crippen LogP contribution in [0.15, 0.2) is 22.7 Å². The summed E-state index contributed by atoms with van der Waals surface area (Å²) in [5, 5.41) is 8.26. The van der Waals surface area contributed by atoms with Crippen molar-refractivity contribution in [3.8, 4) is 0 Å². The van der Waals surface area contributed by atoms with Crippen molar-refractivity contribution in [3.63, 3.8) is 0 Å². The van der Waals surface area contributed by atoms with E-state index in [-0.39, 0.29) is 6.04 Å². The molecule has 1 aromatic carbocycles. The average molecular weight is 300 g/mol. The van der Waals surface area contributed by atoms with Crippen LogP contribution in [0.1, 0.15) is 30.2 Å². The van der Waals surface area contributed by atoms with E-state index < -0.39 is 0 Å². The maximum Gasteiger partial charge on any atom is 0.227 e. The van der Waals surface area contributed by atoms with E-state index in [1.54, 1.807) is 13.0 Å². The molecule has 1 unspecified atom stereocenters. The molecule has 0 saturated heterocycles. The topological polar surface area (TPSA) is 51.0 Å². The van der Waals surface area contributed by atoms with Gasteiger partial charge in [0, 0.05) is 19.0 Å². The van der Waals surface area contributed by atoms with Crippen LogP contribution in [-0.4, -0.2) is 16.7 Å². The van der Waals surface area contributed by atoms with E-state index in [1.165, 1.54) is 0 Å². The summed E-state index contributed by atoms with van der Waals surface area (Å²) in [6, 6.07) is 5.82. The zero-order chi connectivity index (χ0) is 13.8. The number of aromatic nitrogens is 2. The number of nitrogens with one attached hydrogen (secondary N) is 1. The SMILES string of the molecule is Cc1noc(CCNC(C)c2ccc(Cl)c(Cl)c2)n1. The standard InChI is InChI=1S/C13H15Cl2N3O/c1-8(10-3-4-11(14)12(15)7-10)16-6-5-13-17-9(2)18-19-13/h3-4,7-8,16H,5-6H2,1-2H3. The van der Waals surface area contributed by atoms with Crippen molar-refractivity contribution in [1.29, 1.82) is 0 Å². The van der Waals surface area contributed by atoms with E-state index in [0.29, 0.717) is 28.2 Å². The van der Waals surface area contributed by atoms with E-state index in [2.05, 4.69) is 22.4 Å². The van der Waals surface area contributed by atoms with E-state index in [0.717, 1.165) is 12.1 Å². The summed E-state index contributed by atoms with van der Waals surface area (Å²) in [4.78, 5) is 4.15. The van der Waals surface area contributed by atoms with Gasteiger partial charge in [0.2, 0.25) is 5.89 Å². The van der Waals surface area contributed by atoms with Crippen molar-refractivity contribution in [2.45, 2.75) is 26.3 Å². The Kier molecular flexibility index (Phi) is 4.80. The first-order valence-corrected chi connectivity index (χ1v) is 6.79. The summed E-state index contributed by atoms with van der Waals surface area (Å²) >= 11 is 11.9. The zero-order valence-corrected chi connectivity index (χ0v) is 12.3. The fourth-order valence-corrected chi connectivity index (χ4v) is 2.04. The Balaban J connectivity index is 1.86. The van der Waals surface area contributed by atoms with Crippen LogP contribution in [-0.2, 0) is 6.42 Å². The lowest BCUT2D eigenvalue weighted by Crippen LogP contribution is -2.21. The third-order valence-corrected chi connectivity index (χ3v) is 3.54. The minimum atomic E-state index is 0.179. The molecule has 1 N–H and O–H groups in total. The molecule has 0 aliphatic carbocycles. The van der Waals surface area contributed by atoms with Crippen molar-refractivity contribution in [2.75, 3.05) is 6.54 Å². The molecular formula is C13H15Cl2N3O. The molecule has 19 heavy (non-hydrogen) atoms. The molecular weight excluding hydrogens is 285 g/mol. The normalized spacial score (nSPS) is 12.6. The largest absolute Gasteiger partial charge is 0.339 e. The predicted octanol–water partition coefficient (Wildman–Crippen LogP) is 3.58. The highest BCUT2D eigenvalue weighted by molar-refractivity contribution is 6.42. The van der Waals surface area contributed by atoms with Crippen LogP contribution < -0.4 is 5.32 Å². The van der Waals surface area contributed by atoms with Gasteiger partial charge in [-0.2, -0.15) is 4.98 Å². The van der Waals surface area contributed by atoms with Gasteiger partial charge in [-0.05, 0) is 31.5 Å². The quantitative estimate of drug-likeness (QED) is 0.917. The lowest BCUT2D eigenvalue weighted by molar-refractivity contribution is 0.370. The molecule has 1 aromatic heterocycles. The molecule has 4 nitrogen and oxygen atoms in total. The summed E-state index contributed by atoms with van der Waals surface area (Å²) in [5.74, 6) is 1.30. The fraction of sp³-hybridized carbons (Fsp3) is 0.385. The number of rotatable bonds is 5. The van der Waals surface area contributed by atoms with Gasteiger partial charge in [0.15, 0.2) is 5.82 Å². The summed E-state index contributed by atoms with van der Waals surface area (Å²) < 4.78 is 5.05. The van der Waals surface area contributed by atoms with Gasteiger partial charge in [-0.1, -0.05) is 34.4 Å². The highest BCUT2D eigenvalue weighted by Crippen LogP contribution is 2.25. The van der Waals surface area contributed by atoms with Gasteiger partial charge in [-0.25, -0.2) is 0 Å². The van der Waals surface area contributed by atoms with Crippen molar-refractivity contribution in [1.82, 2.24) is 15.5 Å². The number of hydrogen-bond donors (Lipinski definition) is 1. The summed E-state index contributed by atoms with van der Waals surface area (Å²) in [7, 11) is 0. The molecule has 6 heteroatoms. The second-order valence-corrected chi connectivity index (χ2v) is 5.15. The highest BCUT2D eigenvalue weighted by Gasteiger charge is 2.08. The Hall–Kier alpha value is -1.10. The molecule has 1 atom stereocenters. The van der Waals surface area contributed by atoms with Gasteiger partial charge >= 0.3 is 0 Å². The van der Waals surface area contributed by atoms with Crippen LogP contribution in [0.2, 0.25) is 10.0 Å². The molecule has 0 radical (unpaired) electrons. The lowest BCUT2D eigenvalue weighted by atomic mass is 10.1. The van der Waals surface area contributed by atoms with Gasteiger partial charge in [-0.3, -0.25) is 0 Å². The Bertz CT molecular complexity index is 557. The van der Waals surface area contributed by atoms with Gasteiger partial charge in [0.1, 0.15) is 0 Å². The minimum Gasteiger partial charge on any atom is -0.339 e. The molecule has 0 fully saturated rings. The first-order chi connectivity index (χ1) is 9.06. The number of halogens is 2. The molecule has 0 aliphatic heterocycles. The van der Waals surface area contributed by atoms with Crippen LogP contribution in [0, 0.1) is 6.92 Å². The third kappa shape index (κ3) is 3.93. The van der Waals surface area contributed by atoms with Crippen molar-refractivity contribution < 1.29 is 4.52 Å². The van der Waals surface area contributed by atoms with E-state index in [4.69, 9.17) is 27.7 Å². The molecule has 1 heterocycles. The second kappa shape index (κ2) is 6.37. The van der Waals surface area contributed by atoms with Gasteiger partial charge < -0.3 is 9.84 Å².